The van der Waals surface area contributed by atoms with Crippen molar-refractivity contribution < 1.29 is 0 Å². The molecule has 0 aliphatic carbocycles. The van der Waals surface area contributed by atoms with Gasteiger partial charge in [-0.15, -0.1) is 0 Å². The number of benzene rings is 2. The fraction of sp³-hybridized carbons (Fsp3) is 0.0968. The normalized spacial score (nSPS) is 13.2. The van der Waals surface area contributed by atoms with E-state index < -0.39 is 0 Å². The molecule has 0 saturated carbocycles. The maximum Gasteiger partial charge on any atom is 0.0576 e. The number of nitrogens with zero attached hydrogens (tertiary/aromatic N) is 1. The van der Waals surface area contributed by atoms with Gasteiger partial charge in [0.25, 0.3) is 0 Å². The van der Waals surface area contributed by atoms with E-state index in [0.29, 0.717) is 0 Å². The summed E-state index contributed by atoms with van der Waals surface area (Å²) in [5.41, 5.74) is 5.64. The Labute approximate surface area is 189 Å². The number of fused-ring (bicyclic) bond motifs is 5. The second-order valence-corrected chi connectivity index (χ2v) is 7.80. The number of para-hydroxylation sites is 1. The fourth-order valence-electron chi connectivity index (χ4n) is 4.93. The van der Waals surface area contributed by atoms with Crippen LogP contribution in [0.3, 0.4) is 0 Å². The largest absolute Gasteiger partial charge is 0.309 e. The van der Waals surface area contributed by atoms with E-state index in [0.717, 1.165) is 38.3 Å². The Hall–Kier alpha value is -3.84. The van der Waals surface area contributed by atoms with Crippen LogP contribution in [0.25, 0.3) is 57.6 Å². The third-order valence-electron chi connectivity index (χ3n) is 6.24. The summed E-state index contributed by atoms with van der Waals surface area (Å²) in [6, 6.07) is 17.2. The van der Waals surface area contributed by atoms with Gasteiger partial charge in [-0.1, -0.05) is 98.7 Å². The van der Waals surface area contributed by atoms with Crippen LogP contribution in [-0.2, 0) is 0 Å². The highest BCUT2D eigenvalue weighted by Crippen LogP contribution is 2.29. The lowest BCUT2D eigenvalue weighted by molar-refractivity contribution is 1.19. The number of hydrogen-bond donors (Lipinski definition) is 0. The van der Waals surface area contributed by atoms with Gasteiger partial charge in [-0.3, -0.25) is 0 Å². The zero-order valence-corrected chi connectivity index (χ0v) is 19.2. The summed E-state index contributed by atoms with van der Waals surface area (Å²) in [4.78, 5) is 0. The van der Waals surface area contributed by atoms with E-state index in [1.165, 1.54) is 21.3 Å². The maximum absolute atomic E-state index is 4.19. The van der Waals surface area contributed by atoms with Gasteiger partial charge < -0.3 is 4.40 Å². The third kappa shape index (κ3) is 3.09. The van der Waals surface area contributed by atoms with Crippen LogP contribution in [-0.4, -0.2) is 4.40 Å². The van der Waals surface area contributed by atoms with Crippen LogP contribution >= 0.6 is 0 Å². The second kappa shape index (κ2) is 8.72. The molecule has 0 aliphatic rings. The van der Waals surface area contributed by atoms with Crippen LogP contribution < -0.4 is 15.8 Å². The van der Waals surface area contributed by atoms with Crippen LogP contribution in [0, 0.1) is 6.92 Å². The Morgan fingerprint density at radius 3 is 1.94 bits per heavy atom. The van der Waals surface area contributed by atoms with E-state index in [1.54, 1.807) is 0 Å². The molecule has 1 nitrogen and oxygen atoms in total. The Kier molecular flexibility index (Phi) is 5.83. The molecular formula is C31H29N. The van der Waals surface area contributed by atoms with Gasteiger partial charge in [0.1, 0.15) is 0 Å². The van der Waals surface area contributed by atoms with Gasteiger partial charge in [-0.25, -0.2) is 0 Å². The summed E-state index contributed by atoms with van der Waals surface area (Å²) >= 11 is 0. The van der Waals surface area contributed by atoms with Crippen molar-refractivity contribution in [3.8, 4) is 0 Å². The van der Waals surface area contributed by atoms with E-state index in [4.69, 9.17) is 0 Å². The molecule has 2 heterocycles. The molecule has 0 N–H and O–H groups in total. The molecule has 0 unspecified atom stereocenters. The zero-order valence-electron chi connectivity index (χ0n) is 19.2. The first-order valence-electron chi connectivity index (χ1n) is 11.0. The standard InChI is InChI=1S/C31H29N/c1-7-16-28-24(10-4)29(11-5)32-30-20-15-14-19-27(30)26-18-13-12-17-25(26)23(9-3)22(8-2)21(6)31(28)32/h7-20H,1-3H2,4-6H3/b23-22?,24-10-,28-16-,29-11+,31-21?. The van der Waals surface area contributed by atoms with E-state index in [1.807, 2.05) is 18.2 Å². The topological polar surface area (TPSA) is 4.41 Å². The molecule has 0 aliphatic heterocycles. The van der Waals surface area contributed by atoms with Crippen molar-refractivity contribution in [3.05, 3.63) is 107 Å². The summed E-state index contributed by atoms with van der Waals surface area (Å²) in [6.07, 6.45) is 12.3. The van der Waals surface area contributed by atoms with Crippen LogP contribution in [0.1, 0.15) is 30.5 Å². The minimum Gasteiger partial charge on any atom is -0.309 e. The molecule has 0 bridgehead atoms. The van der Waals surface area contributed by atoms with Crippen molar-refractivity contribution in [3.63, 3.8) is 0 Å². The van der Waals surface area contributed by atoms with Crippen LogP contribution in [0.2, 0.25) is 0 Å². The Bertz CT molecular complexity index is 1640. The number of aromatic nitrogens is 1. The van der Waals surface area contributed by atoms with Crippen molar-refractivity contribution in [2.45, 2.75) is 20.8 Å². The van der Waals surface area contributed by atoms with Gasteiger partial charge in [0.05, 0.1) is 11.0 Å². The Morgan fingerprint density at radius 2 is 1.34 bits per heavy atom. The molecule has 1 heteroatoms. The summed E-state index contributed by atoms with van der Waals surface area (Å²) < 4.78 is 2.39. The number of aryl methyl sites for hydroxylation is 1. The van der Waals surface area contributed by atoms with Gasteiger partial charge in [0.15, 0.2) is 0 Å². The Balaban J connectivity index is 2.71. The molecule has 4 rings (SSSR count). The zero-order chi connectivity index (χ0) is 22.8. The molecule has 0 atom stereocenters. The van der Waals surface area contributed by atoms with E-state index in [2.05, 4.69) is 112 Å². The minimum absolute atomic E-state index is 1.09. The highest BCUT2D eigenvalue weighted by molar-refractivity contribution is 6.08. The van der Waals surface area contributed by atoms with Gasteiger partial charge in [-0.05, 0) is 54.3 Å². The summed E-state index contributed by atoms with van der Waals surface area (Å²) in [5, 5.41) is 7.07. The summed E-state index contributed by atoms with van der Waals surface area (Å²) in [7, 11) is 0. The number of rotatable bonds is 3. The molecule has 0 radical (unpaired) electrons. The Morgan fingerprint density at radius 1 is 0.719 bits per heavy atom. The highest BCUT2D eigenvalue weighted by Gasteiger charge is 2.12. The van der Waals surface area contributed by atoms with Crippen molar-refractivity contribution in [2.24, 2.45) is 0 Å². The predicted molar refractivity (Wildman–Crippen MR) is 144 cm³/mol. The van der Waals surface area contributed by atoms with Gasteiger partial charge in [0.2, 0.25) is 0 Å². The smallest absolute Gasteiger partial charge is 0.0576 e. The second-order valence-electron chi connectivity index (χ2n) is 7.80. The molecule has 158 valence electrons. The molecule has 0 fully saturated rings. The predicted octanol–water partition coefficient (Wildman–Crippen LogP) is 6.25. The lowest BCUT2D eigenvalue weighted by Crippen LogP contribution is -2.33. The SMILES string of the molecule is C=C/C=c1c(=C/C)/c(=C\C)n2c/1c(C)c(C=C)c(C=C)c1ccccc1c1ccccc12. The molecule has 0 saturated heterocycles. The number of allylic oxidation sites excluding steroid dienone is 1. The third-order valence-corrected chi connectivity index (χ3v) is 6.24. The maximum atomic E-state index is 4.19. The number of hydrogen-bond acceptors (Lipinski definition) is 0. The average molecular weight is 416 g/mol. The van der Waals surface area contributed by atoms with Crippen LogP contribution in [0.5, 0.6) is 0 Å². The van der Waals surface area contributed by atoms with Crippen molar-refractivity contribution in [2.75, 3.05) is 0 Å². The molecular weight excluding hydrogens is 386 g/mol. The van der Waals surface area contributed by atoms with Gasteiger partial charge in [-0.2, -0.15) is 0 Å². The minimum atomic E-state index is 1.09. The molecule has 0 amide bonds. The van der Waals surface area contributed by atoms with Crippen molar-refractivity contribution in [1.82, 2.24) is 4.40 Å². The van der Waals surface area contributed by atoms with Gasteiger partial charge in [0, 0.05) is 21.2 Å². The molecule has 2 aromatic heterocycles. The molecule has 32 heavy (non-hydrogen) atoms. The summed E-state index contributed by atoms with van der Waals surface area (Å²) in [5.74, 6) is 0. The first-order valence-corrected chi connectivity index (χ1v) is 11.0. The fourth-order valence-corrected chi connectivity index (χ4v) is 4.93. The van der Waals surface area contributed by atoms with Crippen LogP contribution in [0.15, 0.2) is 74.3 Å². The van der Waals surface area contributed by atoms with E-state index >= 15 is 0 Å². The first kappa shape index (κ1) is 21.4. The first-order chi connectivity index (χ1) is 15.6. The molecule has 4 aromatic rings. The van der Waals surface area contributed by atoms with Gasteiger partial charge >= 0.3 is 0 Å². The van der Waals surface area contributed by atoms with Crippen molar-refractivity contribution >= 4 is 57.6 Å². The molecule has 2 aromatic carbocycles. The summed E-state index contributed by atoms with van der Waals surface area (Å²) in [6.45, 7) is 18.8. The molecule has 0 spiro atoms. The highest BCUT2D eigenvalue weighted by atomic mass is 14.9. The van der Waals surface area contributed by atoms with E-state index in [9.17, 15) is 0 Å². The quantitative estimate of drug-likeness (QED) is 0.372. The average Bonchev–Trinajstić information content (AvgIpc) is 3.16. The van der Waals surface area contributed by atoms with Crippen LogP contribution in [0.4, 0.5) is 0 Å². The van der Waals surface area contributed by atoms with Crippen molar-refractivity contribution in [1.29, 1.82) is 0 Å². The lowest BCUT2D eigenvalue weighted by Gasteiger charge is -2.06. The monoisotopic (exact) mass is 415 g/mol. The van der Waals surface area contributed by atoms with E-state index in [-0.39, 0.29) is 0 Å². The lowest BCUT2D eigenvalue weighted by atomic mass is 9.98.